The number of ether oxygens (including phenoxy) is 2. The van der Waals surface area contributed by atoms with Gasteiger partial charge in [-0.25, -0.2) is 9.18 Å². The maximum Gasteiger partial charge on any atom is 0.340 e. The van der Waals surface area contributed by atoms with Crippen LogP contribution < -0.4 is 10.4 Å². The number of aryl methyl sites for hydroxylation is 1. The highest BCUT2D eigenvalue weighted by atomic mass is 19.1. The van der Waals surface area contributed by atoms with Gasteiger partial charge in [-0.15, -0.1) is 0 Å². The third-order valence-electron chi connectivity index (χ3n) is 4.16. The maximum absolute atomic E-state index is 13.7. The molecule has 6 heteroatoms. The molecule has 0 N–H and O–H groups in total. The summed E-state index contributed by atoms with van der Waals surface area (Å²) in [4.78, 5) is 23.6. The maximum atomic E-state index is 13.7. The SMILES string of the molecule is COC(=O)Cc1c(C)c2ccc(OCc3ccccc3F)cc2oc1=O. The number of methoxy groups -OCH3 is 1. The van der Waals surface area contributed by atoms with Gasteiger partial charge >= 0.3 is 11.6 Å². The third-order valence-corrected chi connectivity index (χ3v) is 4.16. The Morgan fingerprint density at radius 2 is 1.96 bits per heavy atom. The predicted octanol–water partition coefficient (Wildman–Crippen LogP) is 3.54. The van der Waals surface area contributed by atoms with E-state index >= 15 is 0 Å². The van der Waals surface area contributed by atoms with Crippen molar-refractivity contribution in [2.45, 2.75) is 20.0 Å². The molecule has 0 bridgehead atoms. The number of rotatable bonds is 5. The minimum atomic E-state index is -0.591. The Balaban J connectivity index is 1.89. The summed E-state index contributed by atoms with van der Waals surface area (Å²) in [6.07, 6.45) is -0.147. The topological polar surface area (TPSA) is 65.7 Å². The predicted molar refractivity (Wildman–Crippen MR) is 93.7 cm³/mol. The van der Waals surface area contributed by atoms with E-state index < -0.39 is 11.6 Å². The fourth-order valence-electron chi connectivity index (χ4n) is 2.66. The third kappa shape index (κ3) is 3.59. The zero-order valence-corrected chi connectivity index (χ0v) is 14.4. The number of hydrogen-bond acceptors (Lipinski definition) is 5. The van der Waals surface area contributed by atoms with Crippen molar-refractivity contribution in [3.8, 4) is 5.75 Å². The van der Waals surface area contributed by atoms with Crippen molar-refractivity contribution < 1.29 is 23.1 Å². The van der Waals surface area contributed by atoms with Gasteiger partial charge in [0, 0.05) is 17.0 Å². The molecule has 0 aliphatic carbocycles. The molecule has 0 fully saturated rings. The molecule has 0 spiro atoms. The second kappa shape index (κ2) is 7.39. The normalized spacial score (nSPS) is 10.7. The molecule has 0 radical (unpaired) electrons. The molecule has 134 valence electrons. The summed E-state index contributed by atoms with van der Waals surface area (Å²) in [7, 11) is 1.26. The first kappa shape index (κ1) is 17.7. The van der Waals surface area contributed by atoms with Gasteiger partial charge in [0.1, 0.15) is 23.8 Å². The van der Waals surface area contributed by atoms with Crippen molar-refractivity contribution in [1.29, 1.82) is 0 Å². The molecule has 1 aromatic heterocycles. The molecule has 26 heavy (non-hydrogen) atoms. The van der Waals surface area contributed by atoms with Crippen molar-refractivity contribution in [2.24, 2.45) is 0 Å². The highest BCUT2D eigenvalue weighted by Crippen LogP contribution is 2.25. The molecule has 0 aliphatic rings. The summed E-state index contributed by atoms with van der Waals surface area (Å²) in [5.41, 5.74) is 1.10. The number of hydrogen-bond donors (Lipinski definition) is 0. The van der Waals surface area contributed by atoms with E-state index in [9.17, 15) is 14.0 Å². The number of carbonyl (C=O) groups excluding carboxylic acids is 1. The van der Waals surface area contributed by atoms with Crippen LogP contribution in [0.1, 0.15) is 16.7 Å². The first-order valence-corrected chi connectivity index (χ1v) is 7.99. The lowest BCUT2D eigenvalue weighted by molar-refractivity contribution is -0.139. The number of halogens is 1. The van der Waals surface area contributed by atoms with Crippen LogP contribution in [-0.4, -0.2) is 13.1 Å². The van der Waals surface area contributed by atoms with Gasteiger partial charge in [-0.3, -0.25) is 4.79 Å². The molecular formula is C20H17FO5. The Hall–Kier alpha value is -3.15. The van der Waals surface area contributed by atoms with Crippen molar-refractivity contribution in [3.05, 3.63) is 75.4 Å². The molecule has 3 aromatic rings. The molecule has 0 saturated carbocycles. The molecule has 0 aliphatic heterocycles. The van der Waals surface area contributed by atoms with Gasteiger partial charge in [0.25, 0.3) is 0 Å². The molecule has 0 amide bonds. The van der Waals surface area contributed by atoms with Crippen LogP contribution in [0, 0.1) is 12.7 Å². The average Bonchev–Trinajstić information content (AvgIpc) is 2.64. The minimum Gasteiger partial charge on any atom is -0.489 e. The van der Waals surface area contributed by atoms with Gasteiger partial charge in [-0.2, -0.15) is 0 Å². The van der Waals surface area contributed by atoms with Crippen LogP contribution in [0.15, 0.2) is 51.7 Å². The van der Waals surface area contributed by atoms with Gasteiger partial charge < -0.3 is 13.9 Å². The quantitative estimate of drug-likeness (QED) is 0.517. The van der Waals surface area contributed by atoms with Gasteiger partial charge in [0.15, 0.2) is 0 Å². The monoisotopic (exact) mass is 356 g/mol. The standard InChI is InChI=1S/C20H17FO5/c1-12-15-8-7-14(25-11-13-5-3-4-6-17(13)21)9-18(15)26-20(23)16(12)10-19(22)24-2/h3-9H,10-11H2,1-2H3. The second-order valence-corrected chi connectivity index (χ2v) is 5.78. The van der Waals surface area contributed by atoms with Crippen LogP contribution in [0.2, 0.25) is 0 Å². The van der Waals surface area contributed by atoms with Gasteiger partial charge in [0.2, 0.25) is 0 Å². The van der Waals surface area contributed by atoms with E-state index in [4.69, 9.17) is 9.15 Å². The van der Waals surface area contributed by atoms with Crippen LogP contribution in [0.25, 0.3) is 11.0 Å². The second-order valence-electron chi connectivity index (χ2n) is 5.78. The molecule has 5 nitrogen and oxygen atoms in total. The van der Waals surface area contributed by atoms with E-state index in [1.165, 1.54) is 13.2 Å². The van der Waals surface area contributed by atoms with E-state index in [-0.39, 0.29) is 24.4 Å². The Morgan fingerprint density at radius 1 is 1.19 bits per heavy atom. The van der Waals surface area contributed by atoms with Crippen LogP contribution in [-0.2, 0) is 22.6 Å². The van der Waals surface area contributed by atoms with E-state index in [0.717, 1.165) is 0 Å². The highest BCUT2D eigenvalue weighted by Gasteiger charge is 2.15. The van der Waals surface area contributed by atoms with E-state index in [1.54, 1.807) is 43.3 Å². The average molecular weight is 356 g/mol. The fourth-order valence-corrected chi connectivity index (χ4v) is 2.66. The summed E-state index contributed by atoms with van der Waals surface area (Å²) in [6, 6.07) is 11.4. The van der Waals surface area contributed by atoms with Crippen LogP contribution in [0.5, 0.6) is 5.75 Å². The number of fused-ring (bicyclic) bond motifs is 1. The number of carbonyl (C=O) groups is 1. The summed E-state index contributed by atoms with van der Waals surface area (Å²) in [6.45, 7) is 1.80. The van der Waals surface area contributed by atoms with E-state index in [1.807, 2.05) is 0 Å². The number of benzene rings is 2. The molecular weight excluding hydrogens is 339 g/mol. The lowest BCUT2D eigenvalue weighted by Crippen LogP contribution is -2.16. The van der Waals surface area contributed by atoms with Crippen LogP contribution in [0.3, 0.4) is 0 Å². The Morgan fingerprint density at radius 3 is 2.69 bits per heavy atom. The summed E-state index contributed by atoms with van der Waals surface area (Å²) >= 11 is 0. The van der Waals surface area contributed by atoms with E-state index in [2.05, 4.69) is 4.74 Å². The smallest absolute Gasteiger partial charge is 0.340 e. The Bertz CT molecular complexity index is 1020. The molecule has 0 saturated heterocycles. The summed E-state index contributed by atoms with van der Waals surface area (Å²) < 4.78 is 29.2. The fraction of sp³-hybridized carbons (Fsp3) is 0.200. The first-order valence-electron chi connectivity index (χ1n) is 7.99. The zero-order valence-electron chi connectivity index (χ0n) is 14.4. The van der Waals surface area contributed by atoms with Crippen molar-refractivity contribution >= 4 is 16.9 Å². The summed E-state index contributed by atoms with van der Waals surface area (Å²) in [5, 5.41) is 0.696. The van der Waals surface area contributed by atoms with Crippen molar-refractivity contribution in [2.75, 3.05) is 7.11 Å². The zero-order chi connectivity index (χ0) is 18.7. The lowest BCUT2D eigenvalue weighted by Gasteiger charge is -2.10. The molecule has 0 atom stereocenters. The minimum absolute atomic E-state index is 0.0574. The van der Waals surface area contributed by atoms with Crippen LogP contribution in [0.4, 0.5) is 4.39 Å². The molecule has 0 unspecified atom stereocenters. The summed E-state index contributed by atoms with van der Waals surface area (Å²) in [5.74, 6) is -0.406. The largest absolute Gasteiger partial charge is 0.489 e. The number of esters is 1. The van der Waals surface area contributed by atoms with Crippen molar-refractivity contribution in [1.82, 2.24) is 0 Å². The Kier molecular flexibility index (Phi) is 5.02. The van der Waals surface area contributed by atoms with Gasteiger partial charge in [-0.1, -0.05) is 18.2 Å². The van der Waals surface area contributed by atoms with Crippen molar-refractivity contribution in [3.63, 3.8) is 0 Å². The molecule has 3 rings (SSSR count). The first-order chi connectivity index (χ1) is 12.5. The highest BCUT2D eigenvalue weighted by molar-refractivity contribution is 5.84. The molecule has 1 heterocycles. The van der Waals surface area contributed by atoms with Gasteiger partial charge in [-0.05, 0) is 30.7 Å². The van der Waals surface area contributed by atoms with Crippen LogP contribution >= 0.6 is 0 Å². The Labute approximate surface area is 149 Å². The van der Waals surface area contributed by atoms with E-state index in [0.29, 0.717) is 27.8 Å². The van der Waals surface area contributed by atoms with Gasteiger partial charge in [0.05, 0.1) is 19.1 Å². The lowest BCUT2D eigenvalue weighted by atomic mass is 10.0. The molecule has 2 aromatic carbocycles.